The lowest BCUT2D eigenvalue weighted by molar-refractivity contribution is -0.137. The topological polar surface area (TPSA) is 56.5 Å². The number of carbonyl (C=O) groups excluding carboxylic acids is 1. The quantitative estimate of drug-likeness (QED) is 0.674. The summed E-state index contributed by atoms with van der Waals surface area (Å²) in [4.78, 5) is 10.7. The highest BCUT2D eigenvalue weighted by Gasteiger charge is 2.09. The molecule has 0 fully saturated rings. The van der Waals surface area contributed by atoms with Gasteiger partial charge in [0.05, 0.1) is 19.1 Å². The Balaban J connectivity index is 2.38. The van der Waals surface area contributed by atoms with E-state index in [0.29, 0.717) is 5.76 Å². The summed E-state index contributed by atoms with van der Waals surface area (Å²) in [7, 11) is 0.0226. The molecular formula is C8H10O4S. The van der Waals surface area contributed by atoms with Gasteiger partial charge >= 0.3 is 5.97 Å². The third-order valence-corrected chi connectivity index (χ3v) is 2.55. The average Bonchev–Trinajstić information content (AvgIpc) is 2.56. The Morgan fingerprint density at radius 3 is 3.00 bits per heavy atom. The van der Waals surface area contributed by atoms with Crippen molar-refractivity contribution in [2.24, 2.45) is 0 Å². The van der Waals surface area contributed by atoms with Crippen molar-refractivity contribution in [1.29, 1.82) is 0 Å². The van der Waals surface area contributed by atoms with E-state index in [1.54, 1.807) is 12.1 Å². The van der Waals surface area contributed by atoms with E-state index in [1.165, 1.54) is 13.4 Å². The number of esters is 1. The summed E-state index contributed by atoms with van der Waals surface area (Å²) in [5.74, 6) is 0.311. The second kappa shape index (κ2) is 4.81. The van der Waals surface area contributed by atoms with Crippen molar-refractivity contribution in [2.75, 3.05) is 12.9 Å². The molecule has 0 unspecified atom stereocenters. The zero-order valence-electron chi connectivity index (χ0n) is 7.19. The first-order valence-corrected chi connectivity index (χ1v) is 5.15. The van der Waals surface area contributed by atoms with E-state index in [-0.39, 0.29) is 11.5 Å². The smallest absolute Gasteiger partial charge is 0.318 e. The highest BCUT2D eigenvalue weighted by molar-refractivity contribution is 7.84. The highest BCUT2D eigenvalue weighted by Crippen LogP contribution is 2.03. The summed E-state index contributed by atoms with van der Waals surface area (Å²) < 4.78 is 20.6. The van der Waals surface area contributed by atoms with Crippen LogP contribution in [-0.4, -0.2) is 23.0 Å². The normalized spacial score (nSPS) is 12.4. The molecule has 0 bridgehead atoms. The molecule has 4 nitrogen and oxygen atoms in total. The maximum Gasteiger partial charge on any atom is 0.318 e. The first-order valence-electron chi connectivity index (χ1n) is 3.66. The van der Waals surface area contributed by atoms with Gasteiger partial charge in [-0.25, -0.2) is 0 Å². The van der Waals surface area contributed by atoms with Crippen LogP contribution in [0.3, 0.4) is 0 Å². The van der Waals surface area contributed by atoms with Gasteiger partial charge in [-0.05, 0) is 12.1 Å². The van der Waals surface area contributed by atoms with Crippen LogP contribution < -0.4 is 0 Å². The molecule has 0 aliphatic carbocycles. The van der Waals surface area contributed by atoms with Crippen molar-refractivity contribution >= 4 is 16.8 Å². The van der Waals surface area contributed by atoms with Crippen LogP contribution in [0.5, 0.6) is 0 Å². The fraction of sp³-hybridized carbons (Fsp3) is 0.375. The molecular weight excluding hydrogens is 192 g/mol. The van der Waals surface area contributed by atoms with E-state index in [1.807, 2.05) is 0 Å². The molecule has 0 saturated heterocycles. The Morgan fingerprint density at radius 2 is 2.46 bits per heavy atom. The minimum atomic E-state index is -1.25. The van der Waals surface area contributed by atoms with Gasteiger partial charge in [-0.1, -0.05) is 0 Å². The second-order valence-electron chi connectivity index (χ2n) is 2.38. The average molecular weight is 202 g/mol. The van der Waals surface area contributed by atoms with Crippen molar-refractivity contribution in [3.05, 3.63) is 24.2 Å². The number of furan rings is 1. The molecule has 1 aromatic rings. The largest absolute Gasteiger partial charge is 0.468 e. The van der Waals surface area contributed by atoms with Crippen molar-refractivity contribution in [3.63, 3.8) is 0 Å². The minimum Gasteiger partial charge on any atom is -0.468 e. The molecule has 1 rings (SSSR count). The van der Waals surface area contributed by atoms with E-state index >= 15 is 0 Å². The number of carbonyl (C=O) groups is 1. The molecule has 0 radical (unpaired) electrons. The third-order valence-electron chi connectivity index (χ3n) is 1.39. The number of rotatable bonds is 4. The van der Waals surface area contributed by atoms with E-state index in [4.69, 9.17) is 4.42 Å². The van der Waals surface area contributed by atoms with Crippen LogP contribution in [0.2, 0.25) is 0 Å². The predicted octanol–water partition coefficient (Wildman–Crippen LogP) is 0.701. The van der Waals surface area contributed by atoms with Gasteiger partial charge in [0.2, 0.25) is 0 Å². The van der Waals surface area contributed by atoms with Crippen LogP contribution in [0.15, 0.2) is 22.8 Å². The number of hydrogen-bond donors (Lipinski definition) is 0. The number of ether oxygens (including phenoxy) is 1. The van der Waals surface area contributed by atoms with Gasteiger partial charge in [0.1, 0.15) is 11.5 Å². The third kappa shape index (κ3) is 3.42. The zero-order chi connectivity index (χ0) is 9.68. The summed E-state index contributed by atoms with van der Waals surface area (Å²) in [6, 6.07) is 3.43. The summed E-state index contributed by atoms with van der Waals surface area (Å²) >= 11 is 0. The molecule has 0 saturated carbocycles. The Morgan fingerprint density at radius 1 is 1.69 bits per heavy atom. The summed E-state index contributed by atoms with van der Waals surface area (Å²) in [6.07, 6.45) is 1.50. The lowest BCUT2D eigenvalue weighted by Gasteiger charge is -1.97. The van der Waals surface area contributed by atoms with Crippen molar-refractivity contribution in [1.82, 2.24) is 0 Å². The van der Waals surface area contributed by atoms with Crippen LogP contribution >= 0.6 is 0 Å². The van der Waals surface area contributed by atoms with Gasteiger partial charge in [0, 0.05) is 10.8 Å². The van der Waals surface area contributed by atoms with Crippen molar-refractivity contribution in [2.45, 2.75) is 5.75 Å². The minimum absolute atomic E-state index is 0.0861. The molecule has 0 aliphatic heterocycles. The molecule has 72 valence electrons. The summed E-state index contributed by atoms with van der Waals surface area (Å²) in [5, 5.41) is 0. The molecule has 0 aliphatic rings. The summed E-state index contributed by atoms with van der Waals surface area (Å²) in [5.41, 5.74) is 0. The Labute approximate surface area is 78.3 Å². The lowest BCUT2D eigenvalue weighted by atomic mass is 10.5. The summed E-state index contributed by atoms with van der Waals surface area (Å²) in [6.45, 7) is 0. The number of methoxy groups -OCH3 is 1. The fourth-order valence-electron chi connectivity index (χ4n) is 0.795. The molecule has 1 atom stereocenters. The monoisotopic (exact) mass is 202 g/mol. The maximum absolute atomic E-state index is 11.2. The zero-order valence-corrected chi connectivity index (χ0v) is 8.00. The molecule has 1 heterocycles. The predicted molar refractivity (Wildman–Crippen MR) is 47.4 cm³/mol. The SMILES string of the molecule is COC(=O)C[S@](=O)Cc1ccco1. The first kappa shape index (κ1) is 9.98. The van der Waals surface area contributed by atoms with Crippen LogP contribution in [-0.2, 0) is 26.1 Å². The van der Waals surface area contributed by atoms with E-state index < -0.39 is 16.8 Å². The van der Waals surface area contributed by atoms with Gasteiger partial charge in [0.15, 0.2) is 0 Å². The highest BCUT2D eigenvalue weighted by atomic mass is 32.2. The first-order chi connectivity index (χ1) is 6.22. The van der Waals surface area contributed by atoms with Gasteiger partial charge in [-0.15, -0.1) is 0 Å². The van der Waals surface area contributed by atoms with Crippen LogP contribution in [0.4, 0.5) is 0 Å². The van der Waals surface area contributed by atoms with Crippen molar-refractivity contribution < 1.29 is 18.2 Å². The van der Waals surface area contributed by atoms with Crippen LogP contribution in [0, 0.1) is 0 Å². The molecule has 0 aromatic carbocycles. The van der Waals surface area contributed by atoms with Crippen molar-refractivity contribution in [3.8, 4) is 0 Å². The van der Waals surface area contributed by atoms with Crippen LogP contribution in [0.1, 0.15) is 5.76 Å². The van der Waals surface area contributed by atoms with Gasteiger partial charge in [-0.2, -0.15) is 0 Å². The number of hydrogen-bond acceptors (Lipinski definition) is 4. The van der Waals surface area contributed by atoms with Gasteiger partial charge in [0.25, 0.3) is 0 Å². The maximum atomic E-state index is 11.2. The van der Waals surface area contributed by atoms with E-state index in [0.717, 1.165) is 0 Å². The van der Waals surface area contributed by atoms with E-state index in [9.17, 15) is 9.00 Å². The Bertz CT molecular complexity index is 291. The Hall–Kier alpha value is -1.10. The lowest BCUT2D eigenvalue weighted by Crippen LogP contribution is -2.12. The molecule has 5 heteroatoms. The molecule has 0 N–H and O–H groups in total. The fourth-order valence-corrected chi connectivity index (χ4v) is 1.76. The Kier molecular flexibility index (Phi) is 3.70. The molecule has 13 heavy (non-hydrogen) atoms. The molecule has 0 amide bonds. The molecule has 1 aromatic heterocycles. The van der Waals surface area contributed by atoms with Crippen LogP contribution in [0.25, 0.3) is 0 Å². The standard InChI is InChI=1S/C8H10O4S/c1-11-8(9)6-13(10)5-7-3-2-4-12-7/h2-4H,5-6H2,1H3/t13-/m1/s1. The van der Waals surface area contributed by atoms with Gasteiger partial charge < -0.3 is 9.15 Å². The second-order valence-corrected chi connectivity index (χ2v) is 3.84. The van der Waals surface area contributed by atoms with E-state index in [2.05, 4.69) is 4.74 Å². The molecule has 0 spiro atoms. The van der Waals surface area contributed by atoms with Gasteiger partial charge in [-0.3, -0.25) is 9.00 Å².